The molecule has 0 bridgehead atoms. The van der Waals surface area contributed by atoms with E-state index in [9.17, 15) is 4.79 Å². The maximum absolute atomic E-state index is 11.2. The zero-order valence-corrected chi connectivity index (χ0v) is 11.7. The Morgan fingerprint density at radius 1 is 1.00 bits per heavy atom. The Balaban J connectivity index is 3.10. The Labute approximate surface area is 107 Å². The number of esters is 1. The summed E-state index contributed by atoms with van der Waals surface area (Å²) in [7, 11) is 0. The van der Waals surface area contributed by atoms with Crippen molar-refractivity contribution in [2.75, 3.05) is 0 Å². The zero-order valence-electron chi connectivity index (χ0n) is 11.7. The van der Waals surface area contributed by atoms with E-state index in [1.165, 1.54) is 44.9 Å². The molecule has 1 radical (unpaired) electrons. The van der Waals surface area contributed by atoms with Crippen molar-refractivity contribution in [3.8, 4) is 0 Å². The summed E-state index contributed by atoms with van der Waals surface area (Å²) in [5.41, 5.74) is 0. The summed E-state index contributed by atoms with van der Waals surface area (Å²) in [5.74, 6) is -0.101. The third-order valence-electron chi connectivity index (χ3n) is 2.82. The van der Waals surface area contributed by atoms with Crippen molar-refractivity contribution in [2.45, 2.75) is 84.2 Å². The summed E-state index contributed by atoms with van der Waals surface area (Å²) in [4.78, 5) is 11.2. The fraction of sp³-hybridized carbons (Fsp3) is 0.867. The molecule has 0 aromatic carbocycles. The van der Waals surface area contributed by atoms with Gasteiger partial charge in [-0.15, -0.1) is 0 Å². The topological polar surface area (TPSA) is 26.3 Å². The van der Waals surface area contributed by atoms with Gasteiger partial charge in [-0.2, -0.15) is 0 Å². The van der Waals surface area contributed by atoms with Crippen molar-refractivity contribution in [1.82, 2.24) is 0 Å². The van der Waals surface area contributed by atoms with Crippen molar-refractivity contribution in [3.63, 3.8) is 0 Å². The molecule has 0 amide bonds. The molecule has 0 fully saturated rings. The van der Waals surface area contributed by atoms with Gasteiger partial charge in [0, 0.05) is 6.42 Å². The molecule has 0 heterocycles. The summed E-state index contributed by atoms with van der Waals surface area (Å²) in [6, 6.07) is 0. The SMILES string of the molecule is [CH2]C(C)OC(=O)CCCCCCCCCCC. The average molecular weight is 241 g/mol. The van der Waals surface area contributed by atoms with Gasteiger partial charge in [0.25, 0.3) is 0 Å². The van der Waals surface area contributed by atoms with E-state index < -0.39 is 0 Å². The quantitative estimate of drug-likeness (QED) is 0.388. The maximum Gasteiger partial charge on any atom is 0.306 e. The minimum Gasteiger partial charge on any atom is -0.463 e. The summed E-state index contributed by atoms with van der Waals surface area (Å²) in [6.07, 6.45) is 11.8. The number of unbranched alkanes of at least 4 members (excludes halogenated alkanes) is 8. The second kappa shape index (κ2) is 11.9. The molecule has 2 heteroatoms. The molecule has 1 unspecified atom stereocenters. The van der Waals surface area contributed by atoms with Crippen LogP contribution in [-0.2, 0) is 9.53 Å². The minimum atomic E-state index is -0.221. The normalized spacial score (nSPS) is 10.8. The van der Waals surface area contributed by atoms with E-state index in [1.807, 2.05) is 0 Å². The van der Waals surface area contributed by atoms with E-state index in [-0.39, 0.29) is 12.1 Å². The second-order valence-corrected chi connectivity index (χ2v) is 4.88. The summed E-state index contributed by atoms with van der Waals surface area (Å²) >= 11 is 0. The average Bonchev–Trinajstić information content (AvgIpc) is 2.26. The van der Waals surface area contributed by atoms with Crippen LogP contribution >= 0.6 is 0 Å². The first-order valence-electron chi connectivity index (χ1n) is 7.19. The first-order valence-corrected chi connectivity index (χ1v) is 7.19. The van der Waals surface area contributed by atoms with Crippen LogP contribution < -0.4 is 0 Å². The molecule has 0 aliphatic carbocycles. The lowest BCUT2D eigenvalue weighted by molar-refractivity contribution is -0.146. The molecule has 0 saturated heterocycles. The lowest BCUT2D eigenvalue weighted by atomic mass is 10.1. The zero-order chi connectivity index (χ0) is 12.9. The van der Waals surface area contributed by atoms with Crippen LogP contribution in [0.3, 0.4) is 0 Å². The van der Waals surface area contributed by atoms with E-state index in [4.69, 9.17) is 4.74 Å². The largest absolute Gasteiger partial charge is 0.463 e. The highest BCUT2D eigenvalue weighted by Gasteiger charge is 2.04. The van der Waals surface area contributed by atoms with Gasteiger partial charge >= 0.3 is 5.97 Å². The Bertz CT molecular complexity index is 176. The van der Waals surface area contributed by atoms with Gasteiger partial charge in [0.15, 0.2) is 0 Å². The summed E-state index contributed by atoms with van der Waals surface area (Å²) in [6.45, 7) is 7.66. The summed E-state index contributed by atoms with van der Waals surface area (Å²) < 4.78 is 4.97. The molecule has 2 nitrogen and oxygen atoms in total. The minimum absolute atomic E-state index is 0.101. The van der Waals surface area contributed by atoms with Crippen LogP contribution in [0.15, 0.2) is 0 Å². The van der Waals surface area contributed by atoms with Gasteiger partial charge < -0.3 is 4.74 Å². The van der Waals surface area contributed by atoms with Crippen molar-refractivity contribution in [1.29, 1.82) is 0 Å². The van der Waals surface area contributed by atoms with Crippen LogP contribution in [0.4, 0.5) is 0 Å². The first-order chi connectivity index (χ1) is 8.16. The van der Waals surface area contributed by atoms with Crippen LogP contribution in [0, 0.1) is 6.92 Å². The standard InChI is InChI=1S/C15H29O2/c1-4-5-6-7-8-9-10-11-12-13-15(16)17-14(2)3/h14H,2,4-13H2,1,3H3. The smallest absolute Gasteiger partial charge is 0.306 e. The number of rotatable bonds is 11. The van der Waals surface area contributed by atoms with Crippen LogP contribution in [0.1, 0.15) is 78.1 Å². The molecule has 0 saturated carbocycles. The fourth-order valence-corrected chi connectivity index (χ4v) is 1.86. The lowest BCUT2D eigenvalue weighted by Crippen LogP contribution is -2.11. The van der Waals surface area contributed by atoms with Gasteiger partial charge in [0.1, 0.15) is 0 Å². The predicted molar refractivity (Wildman–Crippen MR) is 72.8 cm³/mol. The van der Waals surface area contributed by atoms with Crippen molar-refractivity contribution < 1.29 is 9.53 Å². The molecule has 0 spiro atoms. The molecular formula is C15H29O2. The van der Waals surface area contributed by atoms with Crippen LogP contribution in [0.5, 0.6) is 0 Å². The Hall–Kier alpha value is -0.530. The predicted octanol–water partition coefficient (Wildman–Crippen LogP) is 4.67. The first kappa shape index (κ1) is 16.5. The van der Waals surface area contributed by atoms with Crippen LogP contribution in [0.25, 0.3) is 0 Å². The van der Waals surface area contributed by atoms with E-state index in [0.717, 1.165) is 12.8 Å². The highest BCUT2D eigenvalue weighted by Crippen LogP contribution is 2.10. The molecule has 1 atom stereocenters. The maximum atomic E-state index is 11.2. The van der Waals surface area contributed by atoms with E-state index >= 15 is 0 Å². The molecule has 17 heavy (non-hydrogen) atoms. The highest BCUT2D eigenvalue weighted by molar-refractivity contribution is 5.69. The van der Waals surface area contributed by atoms with E-state index in [2.05, 4.69) is 13.8 Å². The molecule has 0 aliphatic heterocycles. The number of carbonyl (C=O) groups excluding carboxylic acids is 1. The van der Waals surface area contributed by atoms with Gasteiger partial charge in [0.2, 0.25) is 0 Å². The second-order valence-electron chi connectivity index (χ2n) is 4.88. The van der Waals surface area contributed by atoms with Crippen LogP contribution in [-0.4, -0.2) is 12.1 Å². The van der Waals surface area contributed by atoms with Gasteiger partial charge in [0.05, 0.1) is 6.10 Å². The number of ether oxygens (including phenoxy) is 1. The molecule has 0 N–H and O–H groups in total. The molecule has 0 aromatic rings. The Kier molecular flexibility index (Phi) is 11.6. The third-order valence-corrected chi connectivity index (χ3v) is 2.82. The monoisotopic (exact) mass is 241 g/mol. The van der Waals surface area contributed by atoms with Crippen LogP contribution in [0.2, 0.25) is 0 Å². The molecule has 0 aromatic heterocycles. The number of hydrogen-bond donors (Lipinski definition) is 0. The van der Waals surface area contributed by atoms with E-state index in [0.29, 0.717) is 6.42 Å². The van der Waals surface area contributed by atoms with Gasteiger partial charge in [-0.25, -0.2) is 0 Å². The van der Waals surface area contributed by atoms with Gasteiger partial charge in [-0.1, -0.05) is 58.3 Å². The van der Waals surface area contributed by atoms with Crippen molar-refractivity contribution >= 4 is 5.97 Å². The Morgan fingerprint density at radius 2 is 1.47 bits per heavy atom. The Morgan fingerprint density at radius 3 is 1.94 bits per heavy atom. The summed E-state index contributed by atoms with van der Waals surface area (Å²) in [5, 5.41) is 0. The molecular weight excluding hydrogens is 212 g/mol. The number of carbonyl (C=O) groups is 1. The molecule has 0 aliphatic rings. The molecule has 101 valence electrons. The van der Waals surface area contributed by atoms with E-state index in [1.54, 1.807) is 6.92 Å². The number of hydrogen-bond acceptors (Lipinski definition) is 2. The van der Waals surface area contributed by atoms with Crippen molar-refractivity contribution in [2.24, 2.45) is 0 Å². The van der Waals surface area contributed by atoms with Gasteiger partial charge in [-0.3, -0.25) is 4.79 Å². The third kappa shape index (κ3) is 13.4. The highest BCUT2D eigenvalue weighted by atomic mass is 16.5. The lowest BCUT2D eigenvalue weighted by Gasteiger charge is -2.07. The van der Waals surface area contributed by atoms with Crippen molar-refractivity contribution in [3.05, 3.63) is 6.92 Å². The fourth-order valence-electron chi connectivity index (χ4n) is 1.86. The molecule has 0 rings (SSSR count). The van der Waals surface area contributed by atoms with Gasteiger partial charge in [-0.05, 0) is 20.3 Å².